The average Bonchev–Trinajstić information content (AvgIpc) is 2.61. The molecule has 0 aromatic heterocycles. The second kappa shape index (κ2) is 8.34. The smallest absolute Gasteiger partial charge is 0.226 e. The van der Waals surface area contributed by atoms with Crippen molar-refractivity contribution in [2.24, 2.45) is 0 Å². The van der Waals surface area contributed by atoms with Crippen molar-refractivity contribution < 1.29 is 18.7 Å². The Kier molecular flexibility index (Phi) is 6.18. The molecule has 0 bridgehead atoms. The Morgan fingerprint density at radius 3 is 2.38 bits per heavy atom. The third-order valence-corrected chi connectivity index (χ3v) is 3.97. The lowest BCUT2D eigenvalue weighted by atomic mass is 10.1. The fourth-order valence-corrected chi connectivity index (χ4v) is 2.34. The van der Waals surface area contributed by atoms with Crippen LogP contribution < -0.4 is 9.47 Å². The summed E-state index contributed by atoms with van der Waals surface area (Å²) in [5, 5.41) is 0. The molecule has 0 aliphatic carbocycles. The summed E-state index contributed by atoms with van der Waals surface area (Å²) >= 11 is 0. The Labute approximate surface area is 141 Å². The molecule has 0 aliphatic rings. The molecule has 1 atom stereocenters. The highest BCUT2D eigenvalue weighted by atomic mass is 19.1. The van der Waals surface area contributed by atoms with Crippen LogP contribution >= 0.6 is 0 Å². The molecule has 0 fully saturated rings. The number of carbonyl (C=O) groups excluding carboxylic acids is 1. The van der Waals surface area contributed by atoms with Gasteiger partial charge in [-0.15, -0.1) is 0 Å². The Balaban J connectivity index is 1.88. The second-order valence-electron chi connectivity index (χ2n) is 5.48. The van der Waals surface area contributed by atoms with Crippen molar-refractivity contribution in [1.82, 2.24) is 4.90 Å². The van der Waals surface area contributed by atoms with E-state index >= 15 is 0 Å². The predicted octanol–water partition coefficient (Wildman–Crippen LogP) is 3.82. The summed E-state index contributed by atoms with van der Waals surface area (Å²) in [5.74, 6) is 0.923. The van der Waals surface area contributed by atoms with Gasteiger partial charge in [0.2, 0.25) is 5.91 Å². The average molecular weight is 331 g/mol. The third-order valence-electron chi connectivity index (χ3n) is 3.97. The van der Waals surface area contributed by atoms with Gasteiger partial charge >= 0.3 is 0 Å². The number of benzene rings is 2. The zero-order valence-corrected chi connectivity index (χ0v) is 14.2. The van der Waals surface area contributed by atoms with Crippen LogP contribution in [0.2, 0.25) is 0 Å². The molecule has 0 saturated carbocycles. The first kappa shape index (κ1) is 17.8. The normalized spacial score (nSPS) is 11.7. The molecule has 1 unspecified atom stereocenters. The van der Waals surface area contributed by atoms with Crippen molar-refractivity contribution in [3.63, 3.8) is 0 Å². The zero-order chi connectivity index (χ0) is 17.5. The highest BCUT2D eigenvalue weighted by molar-refractivity contribution is 5.76. The van der Waals surface area contributed by atoms with Crippen LogP contribution in [0, 0.1) is 5.82 Å². The van der Waals surface area contributed by atoms with Crippen molar-refractivity contribution in [3.8, 4) is 11.5 Å². The maximum Gasteiger partial charge on any atom is 0.226 e. The summed E-state index contributed by atoms with van der Waals surface area (Å²) in [4.78, 5) is 13.9. The van der Waals surface area contributed by atoms with Crippen LogP contribution in [0.1, 0.15) is 24.9 Å². The van der Waals surface area contributed by atoms with E-state index in [9.17, 15) is 9.18 Å². The molecule has 0 aliphatic heterocycles. The number of amides is 1. The van der Waals surface area contributed by atoms with E-state index in [4.69, 9.17) is 9.47 Å². The van der Waals surface area contributed by atoms with E-state index in [0.717, 1.165) is 5.56 Å². The first-order valence-electron chi connectivity index (χ1n) is 7.80. The zero-order valence-electron chi connectivity index (χ0n) is 14.2. The molecule has 0 N–H and O–H groups in total. The molecule has 0 spiro atoms. The minimum atomic E-state index is -0.287. The number of methoxy groups -OCH3 is 1. The van der Waals surface area contributed by atoms with Crippen LogP contribution in [0.25, 0.3) is 0 Å². The van der Waals surface area contributed by atoms with Gasteiger partial charge in [0.15, 0.2) is 11.5 Å². The van der Waals surface area contributed by atoms with Gasteiger partial charge in [-0.1, -0.05) is 24.3 Å². The molecule has 0 saturated heterocycles. The van der Waals surface area contributed by atoms with E-state index in [-0.39, 0.29) is 30.8 Å². The first-order chi connectivity index (χ1) is 11.5. The molecular weight excluding hydrogens is 309 g/mol. The number of nitrogens with zero attached hydrogens (tertiary/aromatic N) is 1. The fraction of sp³-hybridized carbons (Fsp3) is 0.316. The molecule has 0 radical (unpaired) electrons. The second-order valence-corrected chi connectivity index (χ2v) is 5.48. The van der Waals surface area contributed by atoms with Crippen LogP contribution in [0.3, 0.4) is 0 Å². The van der Waals surface area contributed by atoms with Crippen molar-refractivity contribution >= 4 is 5.91 Å². The van der Waals surface area contributed by atoms with E-state index in [2.05, 4.69) is 0 Å². The number of hydrogen-bond donors (Lipinski definition) is 0. The standard InChI is InChI=1S/C19H22FNO3/c1-14(15-8-10-16(20)11-9-15)21(2)19(22)12-13-24-18-7-5-4-6-17(18)23-3/h4-11,14H,12-13H2,1-3H3. The Hall–Kier alpha value is -2.56. The summed E-state index contributed by atoms with van der Waals surface area (Å²) in [5.41, 5.74) is 0.887. The highest BCUT2D eigenvalue weighted by Gasteiger charge is 2.17. The molecule has 1 amide bonds. The van der Waals surface area contributed by atoms with Gasteiger partial charge in [-0.2, -0.15) is 0 Å². The summed E-state index contributed by atoms with van der Waals surface area (Å²) in [6, 6.07) is 13.4. The Morgan fingerprint density at radius 1 is 1.12 bits per heavy atom. The third kappa shape index (κ3) is 4.47. The number of halogens is 1. The van der Waals surface area contributed by atoms with E-state index in [1.54, 1.807) is 43.3 Å². The molecule has 5 heteroatoms. The summed E-state index contributed by atoms with van der Waals surface area (Å²) in [7, 11) is 3.31. The van der Waals surface area contributed by atoms with Gasteiger partial charge in [0.05, 0.1) is 26.2 Å². The number of hydrogen-bond acceptors (Lipinski definition) is 3. The van der Waals surface area contributed by atoms with Crippen molar-refractivity contribution in [1.29, 1.82) is 0 Å². The van der Waals surface area contributed by atoms with E-state index in [1.165, 1.54) is 12.1 Å². The molecule has 128 valence electrons. The van der Waals surface area contributed by atoms with Crippen molar-refractivity contribution in [2.45, 2.75) is 19.4 Å². The highest BCUT2D eigenvalue weighted by Crippen LogP contribution is 2.26. The minimum absolute atomic E-state index is 0.0401. The van der Waals surface area contributed by atoms with Crippen LogP contribution in [0.4, 0.5) is 4.39 Å². The lowest BCUT2D eigenvalue weighted by molar-refractivity contribution is -0.132. The Bertz CT molecular complexity index is 673. The monoisotopic (exact) mass is 331 g/mol. The molecule has 4 nitrogen and oxygen atoms in total. The maximum atomic E-state index is 13.0. The number of rotatable bonds is 7. The van der Waals surface area contributed by atoms with Crippen LogP contribution in [-0.2, 0) is 4.79 Å². The van der Waals surface area contributed by atoms with E-state index in [1.807, 2.05) is 19.1 Å². The maximum absolute atomic E-state index is 13.0. The Morgan fingerprint density at radius 2 is 1.75 bits per heavy atom. The van der Waals surface area contributed by atoms with Crippen LogP contribution in [0.15, 0.2) is 48.5 Å². The first-order valence-corrected chi connectivity index (χ1v) is 7.80. The molecule has 2 rings (SSSR count). The van der Waals surface area contributed by atoms with Gasteiger partial charge in [-0.25, -0.2) is 4.39 Å². The van der Waals surface area contributed by atoms with Crippen molar-refractivity contribution in [3.05, 3.63) is 59.9 Å². The summed E-state index contributed by atoms with van der Waals surface area (Å²) in [6.07, 6.45) is 0.250. The van der Waals surface area contributed by atoms with Gasteiger partial charge in [0.1, 0.15) is 5.82 Å². The van der Waals surface area contributed by atoms with Gasteiger partial charge in [-0.05, 0) is 36.8 Å². The van der Waals surface area contributed by atoms with Crippen LogP contribution in [0.5, 0.6) is 11.5 Å². The van der Waals surface area contributed by atoms with Gasteiger partial charge in [-0.3, -0.25) is 4.79 Å². The molecule has 2 aromatic rings. The van der Waals surface area contributed by atoms with Gasteiger partial charge < -0.3 is 14.4 Å². The molecular formula is C19H22FNO3. The van der Waals surface area contributed by atoms with E-state index < -0.39 is 0 Å². The van der Waals surface area contributed by atoms with Gasteiger partial charge in [0, 0.05) is 7.05 Å². The molecule has 2 aromatic carbocycles. The van der Waals surface area contributed by atoms with Gasteiger partial charge in [0.25, 0.3) is 0 Å². The molecule has 0 heterocycles. The van der Waals surface area contributed by atoms with Crippen molar-refractivity contribution in [2.75, 3.05) is 20.8 Å². The number of ether oxygens (including phenoxy) is 2. The summed E-state index contributed by atoms with van der Waals surface area (Å²) < 4.78 is 23.8. The fourth-order valence-electron chi connectivity index (χ4n) is 2.34. The molecule has 24 heavy (non-hydrogen) atoms. The number of para-hydroxylation sites is 2. The topological polar surface area (TPSA) is 38.8 Å². The number of carbonyl (C=O) groups is 1. The predicted molar refractivity (Wildman–Crippen MR) is 90.7 cm³/mol. The SMILES string of the molecule is COc1ccccc1OCCC(=O)N(C)C(C)c1ccc(F)cc1. The van der Waals surface area contributed by atoms with E-state index in [0.29, 0.717) is 11.5 Å². The quantitative estimate of drug-likeness (QED) is 0.774. The minimum Gasteiger partial charge on any atom is -0.493 e. The largest absolute Gasteiger partial charge is 0.493 e. The van der Waals surface area contributed by atoms with Crippen LogP contribution in [-0.4, -0.2) is 31.6 Å². The lowest BCUT2D eigenvalue weighted by Crippen LogP contribution is -2.30. The summed E-state index contributed by atoms with van der Waals surface area (Å²) in [6.45, 7) is 2.17. The lowest BCUT2D eigenvalue weighted by Gasteiger charge is -2.25.